The van der Waals surface area contributed by atoms with Crippen LogP contribution in [0.25, 0.3) is 0 Å². The van der Waals surface area contributed by atoms with E-state index in [1.807, 2.05) is 12.4 Å². The van der Waals surface area contributed by atoms with Gasteiger partial charge in [0, 0.05) is 12.4 Å². The third-order valence-electron chi connectivity index (χ3n) is 2.78. The minimum atomic E-state index is 1.00. The maximum absolute atomic E-state index is 4.11. The number of hydrogen-bond donors (Lipinski definition) is 0. The molecule has 0 amide bonds. The van der Waals surface area contributed by atoms with Crippen molar-refractivity contribution >= 4 is 0 Å². The number of rotatable bonds is 2. The van der Waals surface area contributed by atoms with E-state index in [1.54, 1.807) is 0 Å². The number of nitrogens with zero attached hydrogens (tertiary/aromatic N) is 1. The molecule has 1 aromatic carbocycles. The molecule has 0 unspecified atom stereocenters. The zero-order valence-corrected chi connectivity index (χ0v) is 9.20. The maximum Gasteiger partial charge on any atom is 0.0299 e. The van der Waals surface area contributed by atoms with Gasteiger partial charge in [-0.15, -0.1) is 0 Å². The molecule has 0 aliphatic heterocycles. The first-order valence-corrected chi connectivity index (χ1v) is 5.21. The Morgan fingerprint density at radius 2 is 1.67 bits per heavy atom. The lowest BCUT2D eigenvalue weighted by Gasteiger charge is -2.07. The van der Waals surface area contributed by atoms with Crippen molar-refractivity contribution in [1.29, 1.82) is 0 Å². The predicted octanol–water partition coefficient (Wildman–Crippen LogP) is 3.29. The van der Waals surface area contributed by atoms with Crippen LogP contribution < -0.4 is 0 Å². The first-order valence-electron chi connectivity index (χ1n) is 5.21. The molecule has 2 aromatic rings. The molecule has 76 valence electrons. The number of hydrogen-bond acceptors (Lipinski definition) is 1. The summed E-state index contributed by atoms with van der Waals surface area (Å²) in [5.74, 6) is 0. The summed E-state index contributed by atoms with van der Waals surface area (Å²) in [5.41, 5.74) is 5.38. The van der Waals surface area contributed by atoms with Crippen LogP contribution in [-0.4, -0.2) is 4.98 Å². The summed E-state index contributed by atoms with van der Waals surface area (Å²) in [4.78, 5) is 4.11. The second kappa shape index (κ2) is 4.26. The molecule has 1 heteroatoms. The van der Waals surface area contributed by atoms with Crippen molar-refractivity contribution in [2.45, 2.75) is 20.3 Å². The molecule has 0 fully saturated rings. The first kappa shape index (κ1) is 9.91. The molecular formula is C14H15N. The Morgan fingerprint density at radius 3 is 2.40 bits per heavy atom. The van der Waals surface area contributed by atoms with Gasteiger partial charge in [-0.2, -0.15) is 0 Å². The van der Waals surface area contributed by atoms with Crippen molar-refractivity contribution in [2.24, 2.45) is 0 Å². The third kappa shape index (κ3) is 2.24. The van der Waals surface area contributed by atoms with Gasteiger partial charge in [0.1, 0.15) is 0 Å². The van der Waals surface area contributed by atoms with Crippen LogP contribution in [-0.2, 0) is 6.42 Å². The normalized spacial score (nSPS) is 10.3. The maximum atomic E-state index is 4.11. The summed E-state index contributed by atoms with van der Waals surface area (Å²) >= 11 is 0. The predicted molar refractivity (Wildman–Crippen MR) is 63.0 cm³/mol. The van der Waals surface area contributed by atoms with Crippen molar-refractivity contribution in [3.63, 3.8) is 0 Å². The number of pyridine rings is 1. The van der Waals surface area contributed by atoms with E-state index >= 15 is 0 Å². The lowest BCUT2D eigenvalue weighted by Crippen LogP contribution is -1.94. The molecule has 1 heterocycles. The van der Waals surface area contributed by atoms with Crippen LogP contribution >= 0.6 is 0 Å². The Morgan fingerprint density at radius 1 is 0.933 bits per heavy atom. The lowest BCUT2D eigenvalue weighted by atomic mass is 9.99. The molecule has 2 rings (SSSR count). The van der Waals surface area contributed by atoms with E-state index in [-0.39, 0.29) is 0 Å². The largest absolute Gasteiger partial charge is 0.264 e. The van der Waals surface area contributed by atoms with Crippen LogP contribution in [0.3, 0.4) is 0 Å². The summed E-state index contributed by atoms with van der Waals surface area (Å²) < 4.78 is 0. The zero-order chi connectivity index (χ0) is 10.7. The summed E-state index contributed by atoms with van der Waals surface area (Å²) in [6.45, 7) is 4.27. The average molecular weight is 197 g/mol. The Labute approximate surface area is 90.8 Å². The van der Waals surface area contributed by atoms with Crippen LogP contribution in [0.15, 0.2) is 42.7 Å². The number of aromatic nitrogens is 1. The Balaban J connectivity index is 2.30. The van der Waals surface area contributed by atoms with E-state index in [2.05, 4.69) is 49.2 Å². The Bertz CT molecular complexity index is 417. The quantitative estimate of drug-likeness (QED) is 0.720. The van der Waals surface area contributed by atoms with Gasteiger partial charge in [-0.25, -0.2) is 0 Å². The van der Waals surface area contributed by atoms with Crippen molar-refractivity contribution in [1.82, 2.24) is 4.98 Å². The molecular weight excluding hydrogens is 182 g/mol. The fourth-order valence-electron chi connectivity index (χ4n) is 1.71. The van der Waals surface area contributed by atoms with Gasteiger partial charge in [0.15, 0.2) is 0 Å². The van der Waals surface area contributed by atoms with E-state index < -0.39 is 0 Å². The molecule has 0 aliphatic carbocycles. The van der Waals surface area contributed by atoms with E-state index in [0.717, 1.165) is 6.42 Å². The van der Waals surface area contributed by atoms with E-state index in [4.69, 9.17) is 0 Å². The lowest BCUT2D eigenvalue weighted by molar-refractivity contribution is 1.10. The standard InChI is InChI=1S/C14H15N/c1-11-5-3-4-6-13(11)9-14-7-8-15-10-12(14)2/h3-8,10H,9H2,1-2H3. The minimum Gasteiger partial charge on any atom is -0.264 e. The van der Waals surface area contributed by atoms with Crippen LogP contribution in [0.1, 0.15) is 22.3 Å². The fraction of sp³-hybridized carbons (Fsp3) is 0.214. The van der Waals surface area contributed by atoms with Gasteiger partial charge in [0.05, 0.1) is 0 Å². The highest BCUT2D eigenvalue weighted by molar-refractivity contribution is 5.33. The van der Waals surface area contributed by atoms with Gasteiger partial charge in [-0.3, -0.25) is 4.98 Å². The van der Waals surface area contributed by atoms with Gasteiger partial charge in [0.2, 0.25) is 0 Å². The van der Waals surface area contributed by atoms with E-state index in [9.17, 15) is 0 Å². The van der Waals surface area contributed by atoms with Gasteiger partial charge >= 0.3 is 0 Å². The molecule has 0 atom stereocenters. The second-order valence-electron chi connectivity index (χ2n) is 3.91. The van der Waals surface area contributed by atoms with Crippen LogP contribution in [0.2, 0.25) is 0 Å². The molecule has 1 nitrogen and oxygen atoms in total. The highest BCUT2D eigenvalue weighted by Crippen LogP contribution is 2.15. The molecule has 0 spiro atoms. The molecule has 15 heavy (non-hydrogen) atoms. The van der Waals surface area contributed by atoms with E-state index in [1.165, 1.54) is 22.3 Å². The van der Waals surface area contributed by atoms with E-state index in [0.29, 0.717) is 0 Å². The summed E-state index contributed by atoms with van der Waals surface area (Å²) in [6.07, 6.45) is 4.79. The van der Waals surface area contributed by atoms with Gasteiger partial charge in [-0.05, 0) is 48.6 Å². The van der Waals surface area contributed by atoms with Crippen molar-refractivity contribution < 1.29 is 0 Å². The van der Waals surface area contributed by atoms with Gasteiger partial charge in [-0.1, -0.05) is 24.3 Å². The topological polar surface area (TPSA) is 12.9 Å². The molecule has 1 aromatic heterocycles. The molecule has 0 saturated carbocycles. The smallest absolute Gasteiger partial charge is 0.0299 e. The summed E-state index contributed by atoms with van der Waals surface area (Å²) in [5, 5.41) is 0. The first-order chi connectivity index (χ1) is 7.27. The van der Waals surface area contributed by atoms with Crippen molar-refractivity contribution in [3.05, 3.63) is 65.0 Å². The van der Waals surface area contributed by atoms with Crippen molar-refractivity contribution in [3.8, 4) is 0 Å². The molecule has 0 bridgehead atoms. The highest BCUT2D eigenvalue weighted by Gasteiger charge is 2.01. The third-order valence-corrected chi connectivity index (χ3v) is 2.78. The van der Waals surface area contributed by atoms with Crippen LogP contribution in [0.5, 0.6) is 0 Å². The second-order valence-corrected chi connectivity index (χ2v) is 3.91. The number of benzene rings is 1. The fourth-order valence-corrected chi connectivity index (χ4v) is 1.71. The van der Waals surface area contributed by atoms with Crippen LogP contribution in [0.4, 0.5) is 0 Å². The zero-order valence-electron chi connectivity index (χ0n) is 9.20. The monoisotopic (exact) mass is 197 g/mol. The summed E-state index contributed by atoms with van der Waals surface area (Å²) in [6, 6.07) is 10.6. The highest BCUT2D eigenvalue weighted by atomic mass is 14.6. The van der Waals surface area contributed by atoms with Gasteiger partial charge in [0.25, 0.3) is 0 Å². The molecule has 0 N–H and O–H groups in total. The Kier molecular flexibility index (Phi) is 2.82. The SMILES string of the molecule is Cc1ccccc1Cc1ccncc1C. The minimum absolute atomic E-state index is 1.00. The molecule has 0 radical (unpaired) electrons. The number of aryl methyl sites for hydroxylation is 2. The van der Waals surface area contributed by atoms with Gasteiger partial charge < -0.3 is 0 Å². The molecule has 0 saturated heterocycles. The van der Waals surface area contributed by atoms with Crippen molar-refractivity contribution in [2.75, 3.05) is 0 Å². The average Bonchev–Trinajstić information content (AvgIpc) is 2.24. The Hall–Kier alpha value is -1.63. The molecule has 0 aliphatic rings. The summed E-state index contributed by atoms with van der Waals surface area (Å²) in [7, 11) is 0. The van der Waals surface area contributed by atoms with Crippen LogP contribution in [0, 0.1) is 13.8 Å².